The molecule has 0 radical (unpaired) electrons. The van der Waals surface area contributed by atoms with Gasteiger partial charge in [-0.25, -0.2) is 4.98 Å². The third kappa shape index (κ3) is 3.08. The number of rotatable bonds is 2. The van der Waals surface area contributed by atoms with Crippen LogP contribution in [0, 0.1) is 18.3 Å². The van der Waals surface area contributed by atoms with Gasteiger partial charge in [0.1, 0.15) is 0 Å². The molecule has 0 amide bonds. The van der Waals surface area contributed by atoms with E-state index in [1.165, 1.54) is 0 Å². The van der Waals surface area contributed by atoms with Crippen molar-refractivity contribution in [2.75, 3.05) is 26.7 Å². The van der Waals surface area contributed by atoms with Crippen LogP contribution in [0.4, 0.5) is 0 Å². The lowest BCUT2D eigenvalue weighted by atomic mass is 9.93. The second-order valence-electron chi connectivity index (χ2n) is 4.89. The molecular formula is C14H21N5. The molecule has 5 heteroatoms. The minimum atomic E-state index is 0.431. The van der Waals surface area contributed by atoms with Gasteiger partial charge in [-0.05, 0) is 12.3 Å². The quantitative estimate of drug-likeness (QED) is 0.489. The van der Waals surface area contributed by atoms with E-state index in [4.69, 9.17) is 6.42 Å². The van der Waals surface area contributed by atoms with E-state index in [1.807, 2.05) is 18.7 Å². The van der Waals surface area contributed by atoms with Crippen molar-refractivity contribution in [2.24, 2.45) is 10.9 Å². The van der Waals surface area contributed by atoms with Crippen LogP contribution in [0.25, 0.3) is 0 Å². The monoisotopic (exact) mass is 259 g/mol. The number of nitrogens with zero attached hydrogens (tertiary/aromatic N) is 4. The Balaban J connectivity index is 2.06. The summed E-state index contributed by atoms with van der Waals surface area (Å²) in [5.74, 6) is 4.10. The fraction of sp³-hybridized carbons (Fsp3) is 0.571. The van der Waals surface area contributed by atoms with Gasteiger partial charge >= 0.3 is 0 Å². The van der Waals surface area contributed by atoms with E-state index in [9.17, 15) is 0 Å². The zero-order chi connectivity index (χ0) is 13.7. The van der Waals surface area contributed by atoms with Gasteiger partial charge in [0.15, 0.2) is 5.96 Å². The lowest BCUT2D eigenvalue weighted by Crippen LogP contribution is -2.49. The van der Waals surface area contributed by atoms with Crippen LogP contribution in [0.1, 0.15) is 19.4 Å². The van der Waals surface area contributed by atoms with Gasteiger partial charge in [0, 0.05) is 32.5 Å². The zero-order valence-corrected chi connectivity index (χ0v) is 11.6. The summed E-state index contributed by atoms with van der Waals surface area (Å²) in [5, 5.41) is 3.18. The highest BCUT2D eigenvalue weighted by atomic mass is 15.3. The Bertz CT molecular complexity index is 457. The summed E-state index contributed by atoms with van der Waals surface area (Å²) < 4.78 is 2.19. The molecular weight excluding hydrogens is 238 g/mol. The third-order valence-corrected chi connectivity index (χ3v) is 3.69. The van der Waals surface area contributed by atoms with E-state index in [1.54, 1.807) is 7.05 Å². The minimum absolute atomic E-state index is 0.431. The number of imidazole rings is 1. The van der Waals surface area contributed by atoms with Gasteiger partial charge in [-0.3, -0.25) is 4.99 Å². The van der Waals surface area contributed by atoms with Crippen LogP contribution >= 0.6 is 0 Å². The number of aliphatic imine (C=N–C) groups is 1. The lowest BCUT2D eigenvalue weighted by Gasteiger charge is -2.39. The van der Waals surface area contributed by atoms with Crippen molar-refractivity contribution in [3.8, 4) is 12.3 Å². The molecule has 1 aliphatic heterocycles. The topological polar surface area (TPSA) is 45.5 Å². The van der Waals surface area contributed by atoms with E-state index in [2.05, 4.69) is 37.6 Å². The predicted octanol–water partition coefficient (Wildman–Crippen LogP) is 0.975. The van der Waals surface area contributed by atoms with E-state index >= 15 is 0 Å². The first-order valence-electron chi connectivity index (χ1n) is 6.62. The Morgan fingerprint density at radius 2 is 2.47 bits per heavy atom. The van der Waals surface area contributed by atoms with Gasteiger partial charge in [-0.2, -0.15) is 0 Å². The summed E-state index contributed by atoms with van der Waals surface area (Å²) in [6, 6.07) is 0.431. The molecule has 0 spiro atoms. The van der Waals surface area contributed by atoms with Crippen LogP contribution in [0.5, 0.6) is 0 Å². The SMILES string of the molecule is C#CCNC(=NC)N1CCC(C)C(n2ccnc2)C1. The van der Waals surface area contributed by atoms with Crippen LogP contribution in [0.2, 0.25) is 0 Å². The van der Waals surface area contributed by atoms with Crippen molar-refractivity contribution in [3.05, 3.63) is 18.7 Å². The van der Waals surface area contributed by atoms with Crippen molar-refractivity contribution in [3.63, 3.8) is 0 Å². The fourth-order valence-corrected chi connectivity index (χ4v) is 2.56. The second-order valence-corrected chi connectivity index (χ2v) is 4.89. The number of hydrogen-bond acceptors (Lipinski definition) is 2. The normalized spacial score (nSPS) is 24.1. The fourth-order valence-electron chi connectivity index (χ4n) is 2.56. The number of aromatic nitrogens is 2. The molecule has 2 heterocycles. The molecule has 102 valence electrons. The van der Waals surface area contributed by atoms with Crippen molar-refractivity contribution < 1.29 is 0 Å². The summed E-state index contributed by atoms with van der Waals surface area (Å²) in [7, 11) is 1.79. The van der Waals surface area contributed by atoms with Crippen LogP contribution < -0.4 is 5.32 Å². The number of nitrogens with one attached hydrogen (secondary N) is 1. The molecule has 2 unspecified atom stereocenters. The summed E-state index contributed by atoms with van der Waals surface area (Å²) in [5.41, 5.74) is 0. The molecule has 1 N–H and O–H groups in total. The average Bonchev–Trinajstić information content (AvgIpc) is 2.95. The molecule has 0 saturated carbocycles. The number of guanidine groups is 1. The molecule has 2 rings (SSSR count). The molecule has 0 bridgehead atoms. The van der Waals surface area contributed by atoms with Crippen LogP contribution in [-0.4, -0.2) is 47.1 Å². The van der Waals surface area contributed by atoms with Gasteiger partial charge in [0.25, 0.3) is 0 Å². The maximum absolute atomic E-state index is 5.29. The highest BCUT2D eigenvalue weighted by Crippen LogP contribution is 2.27. The van der Waals surface area contributed by atoms with E-state index in [0.717, 1.165) is 25.5 Å². The summed E-state index contributed by atoms with van der Waals surface area (Å²) >= 11 is 0. The second kappa shape index (κ2) is 6.28. The Labute approximate surface area is 114 Å². The molecule has 5 nitrogen and oxygen atoms in total. The van der Waals surface area contributed by atoms with Crippen molar-refractivity contribution >= 4 is 5.96 Å². The number of likely N-dealkylation sites (tertiary alicyclic amines) is 1. The van der Waals surface area contributed by atoms with Gasteiger partial charge in [0.05, 0.1) is 18.9 Å². The van der Waals surface area contributed by atoms with Gasteiger partial charge < -0.3 is 14.8 Å². The minimum Gasteiger partial charge on any atom is -0.345 e. The predicted molar refractivity (Wildman–Crippen MR) is 76.8 cm³/mol. The van der Waals surface area contributed by atoms with Crippen LogP contribution in [0.3, 0.4) is 0 Å². The highest BCUT2D eigenvalue weighted by Gasteiger charge is 2.28. The summed E-state index contributed by atoms with van der Waals surface area (Å²) in [6.07, 6.45) is 12.2. The first-order chi connectivity index (χ1) is 9.26. The van der Waals surface area contributed by atoms with Crippen LogP contribution in [0.15, 0.2) is 23.7 Å². The molecule has 0 aromatic carbocycles. The van der Waals surface area contributed by atoms with Crippen LogP contribution in [-0.2, 0) is 0 Å². The first kappa shape index (κ1) is 13.5. The van der Waals surface area contributed by atoms with E-state index < -0.39 is 0 Å². The maximum Gasteiger partial charge on any atom is 0.194 e. The molecule has 1 fully saturated rings. The van der Waals surface area contributed by atoms with Crippen molar-refractivity contribution in [1.29, 1.82) is 0 Å². The molecule has 1 aromatic rings. The standard InChI is InChI=1S/C14H21N5/c1-4-6-17-14(15-3)18-8-5-12(2)13(10-18)19-9-7-16-11-19/h1,7,9,11-13H,5-6,8,10H2,2-3H3,(H,15,17). The molecule has 19 heavy (non-hydrogen) atoms. The Kier molecular flexibility index (Phi) is 4.45. The molecule has 1 aromatic heterocycles. The third-order valence-electron chi connectivity index (χ3n) is 3.69. The largest absolute Gasteiger partial charge is 0.345 e. The van der Waals surface area contributed by atoms with E-state index in [0.29, 0.717) is 18.5 Å². The molecule has 1 aliphatic rings. The summed E-state index contributed by atoms with van der Waals surface area (Å²) in [4.78, 5) is 10.7. The van der Waals surface area contributed by atoms with Gasteiger partial charge in [-0.15, -0.1) is 6.42 Å². The molecule has 0 aliphatic carbocycles. The Morgan fingerprint density at radius 1 is 1.63 bits per heavy atom. The van der Waals surface area contributed by atoms with E-state index in [-0.39, 0.29) is 0 Å². The molecule has 2 atom stereocenters. The lowest BCUT2D eigenvalue weighted by molar-refractivity contribution is 0.189. The number of piperidine rings is 1. The molecule has 1 saturated heterocycles. The Morgan fingerprint density at radius 3 is 3.11 bits per heavy atom. The van der Waals surface area contributed by atoms with Crippen molar-refractivity contribution in [2.45, 2.75) is 19.4 Å². The zero-order valence-electron chi connectivity index (χ0n) is 11.6. The van der Waals surface area contributed by atoms with Gasteiger partial charge in [0.2, 0.25) is 0 Å². The number of terminal acetylenes is 1. The summed E-state index contributed by atoms with van der Waals surface area (Å²) in [6.45, 7) is 4.74. The maximum atomic E-state index is 5.29. The Hall–Kier alpha value is -1.96. The van der Waals surface area contributed by atoms with Crippen molar-refractivity contribution in [1.82, 2.24) is 19.8 Å². The average molecular weight is 259 g/mol. The smallest absolute Gasteiger partial charge is 0.194 e. The first-order valence-corrected chi connectivity index (χ1v) is 6.62. The highest BCUT2D eigenvalue weighted by molar-refractivity contribution is 5.80. The van der Waals surface area contributed by atoms with Gasteiger partial charge in [-0.1, -0.05) is 12.8 Å². The number of hydrogen-bond donors (Lipinski definition) is 1.